The summed E-state index contributed by atoms with van der Waals surface area (Å²) in [5.74, 6) is -1.90. The Bertz CT molecular complexity index is 664. The Morgan fingerprint density at radius 3 is 2.21 bits per heavy atom. The smallest absolute Gasteiger partial charge is 0.336 e. The number of halogens is 1. The zero-order valence-electron chi connectivity index (χ0n) is 9.63. The summed E-state index contributed by atoms with van der Waals surface area (Å²) in [5, 5.41) is 18.8. The predicted octanol–water partition coefficient (Wildman–Crippen LogP) is 3.08. The highest BCUT2D eigenvalue weighted by molar-refractivity contribution is 9.10. The molecule has 2 rings (SSSR count). The molecule has 0 saturated carbocycles. The molecule has 0 fully saturated rings. The van der Waals surface area contributed by atoms with Crippen LogP contribution in [0.3, 0.4) is 0 Å². The number of phenols is 1. The Hall–Kier alpha value is -2.14. The van der Waals surface area contributed by atoms with Crippen LogP contribution in [-0.4, -0.2) is 22.0 Å². The highest BCUT2D eigenvalue weighted by Gasteiger charge is 2.19. The van der Waals surface area contributed by atoms with Crippen molar-refractivity contribution in [3.8, 4) is 5.75 Å². The number of hydrogen-bond donors (Lipinski definition) is 2. The number of carbonyl (C=O) groups excluding carboxylic acids is 1. The third-order valence-corrected chi connectivity index (χ3v) is 3.10. The van der Waals surface area contributed by atoms with E-state index in [1.165, 1.54) is 24.3 Å². The van der Waals surface area contributed by atoms with Crippen molar-refractivity contribution >= 4 is 27.7 Å². The van der Waals surface area contributed by atoms with Gasteiger partial charge in [0.2, 0.25) is 0 Å². The number of hydrogen-bond acceptors (Lipinski definition) is 3. The number of benzene rings is 2. The van der Waals surface area contributed by atoms with Gasteiger partial charge in [-0.1, -0.05) is 34.1 Å². The average Bonchev–Trinajstić information content (AvgIpc) is 2.40. The Balaban J connectivity index is 2.56. The molecular formula is C14H9BrO4. The van der Waals surface area contributed by atoms with Crippen molar-refractivity contribution in [2.45, 2.75) is 0 Å². The molecule has 0 aliphatic heterocycles. The zero-order valence-corrected chi connectivity index (χ0v) is 11.2. The van der Waals surface area contributed by atoms with Crippen LogP contribution in [0.25, 0.3) is 0 Å². The van der Waals surface area contributed by atoms with E-state index in [1.54, 1.807) is 18.2 Å². The van der Waals surface area contributed by atoms with Crippen molar-refractivity contribution in [1.82, 2.24) is 0 Å². The van der Waals surface area contributed by atoms with Gasteiger partial charge in [0.05, 0.1) is 11.1 Å². The monoisotopic (exact) mass is 320 g/mol. The fourth-order valence-electron chi connectivity index (χ4n) is 1.70. The lowest BCUT2D eigenvalue weighted by atomic mass is 9.98. The summed E-state index contributed by atoms with van der Waals surface area (Å²) in [5.41, 5.74) is 0.0124. The number of aromatic carboxylic acids is 1. The fourth-order valence-corrected chi connectivity index (χ4v) is 2.06. The average molecular weight is 321 g/mol. The van der Waals surface area contributed by atoms with E-state index in [4.69, 9.17) is 5.11 Å². The summed E-state index contributed by atoms with van der Waals surface area (Å²) in [4.78, 5) is 23.4. The molecule has 2 aromatic rings. The van der Waals surface area contributed by atoms with Crippen LogP contribution in [0.1, 0.15) is 26.3 Å². The van der Waals surface area contributed by atoms with Gasteiger partial charge in [0.25, 0.3) is 0 Å². The molecule has 0 unspecified atom stereocenters. The molecule has 19 heavy (non-hydrogen) atoms. The van der Waals surface area contributed by atoms with Crippen molar-refractivity contribution in [3.05, 3.63) is 63.6 Å². The summed E-state index contributed by atoms with van der Waals surface area (Å²) < 4.78 is 0.626. The van der Waals surface area contributed by atoms with Crippen molar-refractivity contribution in [1.29, 1.82) is 0 Å². The second-order valence-electron chi connectivity index (χ2n) is 3.84. The van der Waals surface area contributed by atoms with Gasteiger partial charge in [-0.2, -0.15) is 0 Å². The minimum atomic E-state index is -1.18. The fraction of sp³-hybridized carbons (Fsp3) is 0. The number of carbonyl (C=O) groups is 2. The first-order chi connectivity index (χ1) is 9.00. The number of ketones is 1. The van der Waals surface area contributed by atoms with Gasteiger partial charge in [-0.15, -0.1) is 0 Å². The lowest BCUT2D eigenvalue weighted by molar-refractivity contribution is 0.0692. The molecular weight excluding hydrogens is 312 g/mol. The summed E-state index contributed by atoms with van der Waals surface area (Å²) >= 11 is 3.20. The molecule has 0 radical (unpaired) electrons. The van der Waals surface area contributed by atoms with Crippen molar-refractivity contribution in [2.75, 3.05) is 0 Å². The molecule has 0 atom stereocenters. The quantitative estimate of drug-likeness (QED) is 0.852. The van der Waals surface area contributed by atoms with E-state index < -0.39 is 11.8 Å². The van der Waals surface area contributed by atoms with E-state index in [0.717, 1.165) is 0 Å². The molecule has 0 aromatic heterocycles. The Kier molecular flexibility index (Phi) is 3.66. The van der Waals surface area contributed by atoms with Gasteiger partial charge < -0.3 is 10.2 Å². The maximum Gasteiger partial charge on any atom is 0.336 e. The van der Waals surface area contributed by atoms with Crippen LogP contribution < -0.4 is 0 Å². The van der Waals surface area contributed by atoms with E-state index >= 15 is 0 Å². The molecule has 4 nitrogen and oxygen atoms in total. The van der Waals surface area contributed by atoms with Gasteiger partial charge in [-0.05, 0) is 24.3 Å². The van der Waals surface area contributed by atoms with Crippen LogP contribution in [-0.2, 0) is 0 Å². The first-order valence-corrected chi connectivity index (χ1v) is 6.15. The van der Waals surface area contributed by atoms with Crippen LogP contribution >= 0.6 is 15.9 Å². The minimum absolute atomic E-state index is 0.0448. The third kappa shape index (κ3) is 2.66. The summed E-state index contributed by atoms with van der Waals surface area (Å²) in [7, 11) is 0. The topological polar surface area (TPSA) is 74.6 Å². The van der Waals surface area contributed by atoms with Crippen LogP contribution in [0.15, 0.2) is 46.9 Å². The van der Waals surface area contributed by atoms with Crippen LogP contribution in [0.4, 0.5) is 0 Å². The van der Waals surface area contributed by atoms with Gasteiger partial charge in [0, 0.05) is 10.0 Å². The second-order valence-corrected chi connectivity index (χ2v) is 4.76. The first kappa shape index (κ1) is 13.3. The molecule has 0 aliphatic carbocycles. The van der Waals surface area contributed by atoms with Gasteiger partial charge in [0.1, 0.15) is 5.75 Å². The largest absolute Gasteiger partial charge is 0.507 e. The molecule has 0 amide bonds. The van der Waals surface area contributed by atoms with Gasteiger partial charge in [-0.25, -0.2) is 4.79 Å². The van der Waals surface area contributed by atoms with Crippen molar-refractivity contribution < 1.29 is 19.8 Å². The summed E-state index contributed by atoms with van der Waals surface area (Å²) in [6.07, 6.45) is 0. The number of phenolic OH excluding ortho intramolecular Hbond substituents is 1. The molecule has 0 spiro atoms. The zero-order chi connectivity index (χ0) is 14.0. The summed E-state index contributed by atoms with van der Waals surface area (Å²) in [6, 6.07) is 10.3. The first-order valence-electron chi connectivity index (χ1n) is 5.36. The molecule has 0 aliphatic rings. The molecule has 5 heteroatoms. The van der Waals surface area contributed by atoms with Gasteiger partial charge >= 0.3 is 5.97 Å². The van der Waals surface area contributed by atoms with E-state index in [9.17, 15) is 14.7 Å². The lowest BCUT2D eigenvalue weighted by Crippen LogP contribution is -2.09. The van der Waals surface area contributed by atoms with E-state index in [-0.39, 0.29) is 22.4 Å². The highest BCUT2D eigenvalue weighted by atomic mass is 79.9. The van der Waals surface area contributed by atoms with Crippen molar-refractivity contribution in [2.24, 2.45) is 0 Å². The molecule has 2 N–H and O–H groups in total. The minimum Gasteiger partial charge on any atom is -0.507 e. The van der Waals surface area contributed by atoms with Crippen LogP contribution in [0.2, 0.25) is 0 Å². The standard InChI is InChI=1S/C14H9BrO4/c15-8-5-6-12(16)11(7-8)13(17)9-3-1-2-4-10(9)14(18)19/h1-7,16H,(H,18,19). The number of rotatable bonds is 3. The second kappa shape index (κ2) is 5.24. The SMILES string of the molecule is O=C(O)c1ccccc1C(=O)c1cc(Br)ccc1O. The molecule has 0 saturated heterocycles. The lowest BCUT2D eigenvalue weighted by Gasteiger charge is -2.07. The Morgan fingerprint density at radius 1 is 0.947 bits per heavy atom. The number of carboxylic acid groups (broad SMARTS) is 1. The van der Waals surface area contributed by atoms with Crippen LogP contribution in [0, 0.1) is 0 Å². The molecule has 96 valence electrons. The van der Waals surface area contributed by atoms with Gasteiger partial charge in [-0.3, -0.25) is 4.79 Å². The predicted molar refractivity (Wildman–Crippen MR) is 72.6 cm³/mol. The molecule has 2 aromatic carbocycles. The van der Waals surface area contributed by atoms with Crippen LogP contribution in [0.5, 0.6) is 5.75 Å². The highest BCUT2D eigenvalue weighted by Crippen LogP contribution is 2.25. The molecule has 0 heterocycles. The molecule has 0 bridgehead atoms. The maximum absolute atomic E-state index is 12.3. The number of aromatic hydroxyl groups is 1. The van der Waals surface area contributed by atoms with E-state index in [1.807, 2.05) is 0 Å². The van der Waals surface area contributed by atoms with E-state index in [2.05, 4.69) is 15.9 Å². The Labute approximate surface area is 117 Å². The Morgan fingerprint density at radius 2 is 1.58 bits per heavy atom. The van der Waals surface area contributed by atoms with Gasteiger partial charge in [0.15, 0.2) is 5.78 Å². The van der Waals surface area contributed by atoms with Crippen molar-refractivity contribution in [3.63, 3.8) is 0 Å². The number of carboxylic acids is 1. The third-order valence-electron chi connectivity index (χ3n) is 2.61. The normalized spacial score (nSPS) is 10.2. The van der Waals surface area contributed by atoms with E-state index in [0.29, 0.717) is 4.47 Å². The summed E-state index contributed by atoms with van der Waals surface area (Å²) in [6.45, 7) is 0. The maximum atomic E-state index is 12.3.